The van der Waals surface area contributed by atoms with Crippen LogP contribution in [0.5, 0.6) is 0 Å². The fourth-order valence-corrected chi connectivity index (χ4v) is 15.5. The van der Waals surface area contributed by atoms with Gasteiger partial charge >= 0.3 is 0 Å². The number of aromatic amines is 2. The molecule has 0 spiro atoms. The van der Waals surface area contributed by atoms with Crippen LogP contribution in [0.4, 0.5) is 0 Å². The molecular weight excluding hydrogens is 647 g/mol. The van der Waals surface area contributed by atoms with Crippen LogP contribution < -0.4 is 10.4 Å². The Kier molecular flexibility index (Phi) is 12.1. The smallest absolute Gasteiger partial charge is 0.132 e. The van der Waals surface area contributed by atoms with Crippen LogP contribution in [0.1, 0.15) is 46.2 Å². The monoisotopic (exact) mass is 690 g/mol. The van der Waals surface area contributed by atoms with Crippen molar-refractivity contribution in [3.8, 4) is 0 Å². The molecule has 42 heavy (non-hydrogen) atoms. The molecule has 0 unspecified atom stereocenters. The van der Waals surface area contributed by atoms with Gasteiger partial charge in [0.1, 0.15) is 8.07 Å². The summed E-state index contributed by atoms with van der Waals surface area (Å²) in [5.74, 6) is 0. The number of hydrogen-bond acceptors (Lipinski definition) is 3. The minimum atomic E-state index is -1.74. The number of alkyl halides is 1. The Morgan fingerprint density at radius 3 is 1.57 bits per heavy atom. The third kappa shape index (κ3) is 7.56. The number of halogens is 1. The molecule has 0 saturated heterocycles. The summed E-state index contributed by atoms with van der Waals surface area (Å²) in [4.78, 5) is 14.3. The van der Waals surface area contributed by atoms with Gasteiger partial charge in [0.05, 0.1) is 41.3 Å². The first kappa shape index (κ1) is 33.2. The van der Waals surface area contributed by atoms with E-state index < -0.39 is 8.07 Å². The molecule has 0 amide bonds. The Balaban J connectivity index is 0.000000181. The van der Waals surface area contributed by atoms with E-state index in [1.165, 1.54) is 9.61 Å². The second-order valence-corrected chi connectivity index (χ2v) is 18.1. The van der Waals surface area contributed by atoms with Gasteiger partial charge < -0.3 is 15.1 Å². The van der Waals surface area contributed by atoms with E-state index in [-0.39, 0.29) is 14.0 Å². The highest BCUT2D eigenvalue weighted by Gasteiger charge is 2.46. The first-order chi connectivity index (χ1) is 19.8. The molecule has 0 atom stereocenters. The van der Waals surface area contributed by atoms with Crippen molar-refractivity contribution >= 4 is 63.1 Å². The third-order valence-electron chi connectivity index (χ3n) is 7.57. The van der Waals surface area contributed by atoms with E-state index in [1.54, 1.807) is 23.0 Å². The molecule has 0 aliphatic carbocycles. The Hall–Kier alpha value is -3.27. The molecule has 6 rings (SSSR count). The fourth-order valence-electron chi connectivity index (χ4n) is 5.12. The standard InChI is InChI=1S/C17H21ISi.C9H10N2.C8H8N2O.CH4/c1-17(2,3)19(14-18,15-10-6-4-7-11-15)16-12-8-5-9-13-16;1-2-7-3-4-8-9(5-7)11-6-10-8;11-4-6-1-2-7-8(3-6)10-5-9-7;/h4-13H,14H2,1-3H3;3-6H,2H2,1H3,(H,10,11);1-3,5,11H,4H2,(H,9,10);1H4. The summed E-state index contributed by atoms with van der Waals surface area (Å²) in [6.45, 7) is 9.43. The minimum absolute atomic E-state index is 0. The summed E-state index contributed by atoms with van der Waals surface area (Å²) in [5, 5.41) is 12.2. The van der Waals surface area contributed by atoms with E-state index in [9.17, 15) is 0 Å². The molecule has 0 fully saturated rings. The summed E-state index contributed by atoms with van der Waals surface area (Å²) in [5.41, 5.74) is 6.33. The number of nitrogens with one attached hydrogen (secondary N) is 2. The van der Waals surface area contributed by atoms with Gasteiger partial charge in [0, 0.05) is 4.05 Å². The van der Waals surface area contributed by atoms with Crippen LogP contribution in [-0.2, 0) is 13.0 Å². The maximum absolute atomic E-state index is 8.80. The molecule has 2 aromatic heterocycles. The lowest BCUT2D eigenvalue weighted by molar-refractivity contribution is 0.282. The number of aromatic nitrogens is 4. The zero-order chi connectivity index (χ0) is 29.3. The number of benzene rings is 4. The summed E-state index contributed by atoms with van der Waals surface area (Å²) in [6, 6.07) is 34.2. The SMILES string of the molecule is C.CC(C)(C)[Si](CI)(c1ccccc1)c1ccccc1.CCc1ccc2nc[nH]c2c1.OCc1ccc2nc[nH]c2c1. The molecule has 0 aliphatic rings. The molecule has 6 aromatic rings. The predicted octanol–water partition coefficient (Wildman–Crippen LogP) is 7.84. The van der Waals surface area contributed by atoms with E-state index in [1.807, 2.05) is 24.3 Å². The zero-order valence-corrected chi connectivity index (χ0v) is 27.4. The van der Waals surface area contributed by atoms with Crippen LogP contribution in [0.25, 0.3) is 22.1 Å². The van der Waals surface area contributed by atoms with Crippen LogP contribution in [0, 0.1) is 0 Å². The predicted molar refractivity (Wildman–Crippen MR) is 191 cm³/mol. The van der Waals surface area contributed by atoms with Gasteiger partial charge in [-0.25, -0.2) is 9.97 Å². The molecule has 0 aliphatic heterocycles. The van der Waals surface area contributed by atoms with Gasteiger partial charge in [-0.3, -0.25) is 0 Å². The van der Waals surface area contributed by atoms with Gasteiger partial charge in [-0.1, -0.05) is 141 Å². The average Bonchev–Trinajstić information content (AvgIpc) is 3.67. The first-order valence-corrected chi connectivity index (χ1v) is 17.7. The highest BCUT2D eigenvalue weighted by molar-refractivity contribution is 14.1. The number of fused-ring (bicyclic) bond motifs is 2. The number of nitrogens with zero attached hydrogens (tertiary/aromatic N) is 2. The van der Waals surface area contributed by atoms with Crippen molar-refractivity contribution in [3.63, 3.8) is 0 Å². The molecule has 2 heterocycles. The number of H-pyrrole nitrogens is 2. The fraction of sp³-hybridized carbons (Fsp3) is 0.257. The molecule has 5 nitrogen and oxygen atoms in total. The molecule has 220 valence electrons. The second kappa shape index (κ2) is 15.3. The summed E-state index contributed by atoms with van der Waals surface area (Å²) >= 11 is 2.60. The van der Waals surface area contributed by atoms with Crippen LogP contribution >= 0.6 is 22.6 Å². The Bertz CT molecular complexity index is 1530. The van der Waals surface area contributed by atoms with Crippen molar-refractivity contribution < 1.29 is 5.11 Å². The molecule has 0 saturated carbocycles. The Labute approximate surface area is 265 Å². The maximum atomic E-state index is 8.80. The number of rotatable bonds is 5. The Morgan fingerprint density at radius 1 is 0.714 bits per heavy atom. The molecule has 3 N–H and O–H groups in total. The zero-order valence-electron chi connectivity index (χ0n) is 24.2. The number of aliphatic hydroxyl groups excluding tert-OH is 1. The lowest BCUT2D eigenvalue weighted by atomic mass is 10.1. The normalized spacial score (nSPS) is 11.2. The maximum Gasteiger partial charge on any atom is 0.132 e. The van der Waals surface area contributed by atoms with Gasteiger partial charge in [-0.05, 0) is 46.9 Å². The molecule has 0 bridgehead atoms. The van der Waals surface area contributed by atoms with Crippen molar-refractivity contribution in [2.45, 2.75) is 53.2 Å². The average molecular weight is 691 g/mol. The minimum Gasteiger partial charge on any atom is -0.392 e. The lowest BCUT2D eigenvalue weighted by Gasteiger charge is -2.43. The number of aliphatic hydroxyl groups is 1. The lowest BCUT2D eigenvalue weighted by Crippen LogP contribution is -2.66. The van der Waals surface area contributed by atoms with Gasteiger partial charge in [-0.15, -0.1) is 0 Å². The highest BCUT2D eigenvalue weighted by atomic mass is 127. The largest absolute Gasteiger partial charge is 0.392 e. The Morgan fingerprint density at radius 2 is 1.17 bits per heavy atom. The third-order valence-corrected chi connectivity index (χ3v) is 16.6. The molecule has 0 radical (unpaired) electrons. The summed E-state index contributed by atoms with van der Waals surface area (Å²) < 4.78 is 1.21. The quantitative estimate of drug-likeness (QED) is 0.0981. The molecule has 4 aromatic carbocycles. The topological polar surface area (TPSA) is 77.6 Å². The van der Waals surface area contributed by atoms with E-state index in [0.717, 1.165) is 34.1 Å². The van der Waals surface area contributed by atoms with Crippen molar-refractivity contribution in [2.75, 3.05) is 4.05 Å². The van der Waals surface area contributed by atoms with Crippen molar-refractivity contribution in [1.82, 2.24) is 19.9 Å². The van der Waals surface area contributed by atoms with E-state index in [2.05, 4.69) is 143 Å². The highest BCUT2D eigenvalue weighted by Crippen LogP contribution is 2.36. The van der Waals surface area contributed by atoms with E-state index in [4.69, 9.17) is 5.11 Å². The van der Waals surface area contributed by atoms with Gasteiger partial charge in [-0.2, -0.15) is 0 Å². The van der Waals surface area contributed by atoms with Gasteiger partial charge in [0.2, 0.25) is 0 Å². The van der Waals surface area contributed by atoms with Gasteiger partial charge in [0.15, 0.2) is 0 Å². The summed E-state index contributed by atoms with van der Waals surface area (Å²) in [7, 11) is -1.74. The number of aryl methyl sites for hydroxylation is 1. The van der Waals surface area contributed by atoms with Gasteiger partial charge in [0.25, 0.3) is 0 Å². The van der Waals surface area contributed by atoms with Crippen LogP contribution in [0.3, 0.4) is 0 Å². The van der Waals surface area contributed by atoms with Crippen LogP contribution in [0.2, 0.25) is 5.04 Å². The number of hydrogen-bond donors (Lipinski definition) is 3. The van der Waals surface area contributed by atoms with Crippen LogP contribution in [-0.4, -0.2) is 37.2 Å². The van der Waals surface area contributed by atoms with E-state index in [0.29, 0.717) is 5.04 Å². The van der Waals surface area contributed by atoms with Crippen LogP contribution in [0.15, 0.2) is 110 Å². The first-order valence-electron chi connectivity index (χ1n) is 13.9. The second-order valence-electron chi connectivity index (χ2n) is 11.0. The summed E-state index contributed by atoms with van der Waals surface area (Å²) in [6.07, 6.45) is 4.45. The molecular formula is C35H43IN4OSi. The van der Waals surface area contributed by atoms with Crippen molar-refractivity contribution in [2.24, 2.45) is 0 Å². The van der Waals surface area contributed by atoms with Crippen molar-refractivity contribution in [1.29, 1.82) is 0 Å². The molecule has 7 heteroatoms. The van der Waals surface area contributed by atoms with E-state index >= 15 is 0 Å². The van der Waals surface area contributed by atoms with Crippen molar-refractivity contribution in [3.05, 3.63) is 121 Å². The number of imidazole rings is 2.